The maximum atomic E-state index is 11.9. The Bertz CT molecular complexity index is 996. The van der Waals surface area contributed by atoms with Crippen LogP contribution in [0.3, 0.4) is 0 Å². The molecule has 0 aromatic carbocycles. The molecule has 0 unspecified atom stereocenters. The van der Waals surface area contributed by atoms with E-state index in [0.29, 0.717) is 123 Å². The van der Waals surface area contributed by atoms with Crippen LogP contribution in [0.2, 0.25) is 0 Å². The second kappa shape index (κ2) is 40.7. The van der Waals surface area contributed by atoms with E-state index in [1.807, 2.05) is 0 Å². The summed E-state index contributed by atoms with van der Waals surface area (Å²) in [5.41, 5.74) is 5.34. The highest BCUT2D eigenvalue weighted by atomic mass is 16.6. The third kappa shape index (κ3) is 43.6. The normalized spacial score (nSPS) is 12.0. The predicted molar refractivity (Wildman–Crippen MR) is 209 cm³/mol. The fourth-order valence-electron chi connectivity index (χ4n) is 5.22. The van der Waals surface area contributed by atoms with Crippen molar-refractivity contribution in [3.63, 3.8) is 0 Å². The zero-order valence-corrected chi connectivity index (χ0v) is 33.9. The molecule has 0 heterocycles. The zero-order valence-electron chi connectivity index (χ0n) is 33.9. The molecule has 0 aromatic rings. The van der Waals surface area contributed by atoms with Crippen LogP contribution in [0.15, 0.2) is 0 Å². The smallest absolute Gasteiger partial charge is 0.320 e. The Morgan fingerprint density at radius 3 is 1.47 bits per heavy atom. The van der Waals surface area contributed by atoms with E-state index < -0.39 is 29.9 Å². The highest BCUT2D eigenvalue weighted by Gasteiger charge is 2.16. The van der Waals surface area contributed by atoms with Gasteiger partial charge in [0.1, 0.15) is 17.6 Å². The lowest BCUT2D eigenvalue weighted by Crippen LogP contribution is -2.30. The quantitative estimate of drug-likeness (QED) is 0.0467. The molecule has 15 nitrogen and oxygen atoms in total. The van der Waals surface area contributed by atoms with Gasteiger partial charge >= 0.3 is 17.9 Å². The number of amides is 1. The van der Waals surface area contributed by atoms with Gasteiger partial charge in [-0.15, -0.1) is 0 Å². The minimum Gasteiger partial charge on any atom is -0.481 e. The number of ether oxygens (including phenoxy) is 4. The molecule has 322 valence electrons. The van der Waals surface area contributed by atoms with Crippen molar-refractivity contribution in [2.45, 2.75) is 155 Å². The minimum atomic E-state index is -1.02. The number of nitrogens with two attached hydrogens (primary N) is 1. The second-order valence-electron chi connectivity index (χ2n) is 13.7. The third-order valence-electron chi connectivity index (χ3n) is 8.70. The lowest BCUT2D eigenvalue weighted by Gasteiger charge is -2.10. The van der Waals surface area contributed by atoms with Crippen LogP contribution in [0.25, 0.3) is 0 Å². The number of carbonyl (C=O) groups is 6. The fourth-order valence-corrected chi connectivity index (χ4v) is 5.22. The molecule has 0 rings (SSSR count). The molecule has 6 N–H and O–H groups in total. The van der Waals surface area contributed by atoms with Crippen molar-refractivity contribution in [2.24, 2.45) is 11.7 Å². The predicted octanol–water partition coefficient (Wildman–Crippen LogP) is 5.72. The molecule has 0 fully saturated rings. The van der Waals surface area contributed by atoms with Gasteiger partial charge in [-0.05, 0) is 58.3 Å². The number of carboxylic acids is 3. The first kappa shape index (κ1) is 54.1. The van der Waals surface area contributed by atoms with E-state index in [2.05, 4.69) is 5.32 Å². The Morgan fingerprint density at radius 2 is 1.00 bits per heavy atom. The Morgan fingerprint density at radius 1 is 0.527 bits per heavy atom. The lowest BCUT2D eigenvalue weighted by molar-refractivity contribution is -0.142. The summed E-state index contributed by atoms with van der Waals surface area (Å²) in [6.45, 7) is 7.81. The summed E-state index contributed by atoms with van der Waals surface area (Å²) >= 11 is 0. The van der Waals surface area contributed by atoms with Crippen LogP contribution in [-0.2, 0) is 47.7 Å². The number of Topliss-reactive ketones (excluding diaryl/α,β-unsaturated/α-hetero) is 2. The molecule has 0 radical (unpaired) electrons. The molecule has 2 atom stereocenters. The molecule has 0 saturated carbocycles. The summed E-state index contributed by atoms with van der Waals surface area (Å²) in [7, 11) is 0. The Kier molecular flexibility index (Phi) is 40.0. The summed E-state index contributed by atoms with van der Waals surface area (Å²) in [5.74, 6) is -2.78. The van der Waals surface area contributed by atoms with Crippen molar-refractivity contribution in [1.82, 2.24) is 5.32 Å². The van der Waals surface area contributed by atoms with Crippen LogP contribution in [-0.4, -0.2) is 116 Å². The molecule has 1 amide bonds. The number of nitrogens with one attached hydrogen (secondary N) is 1. The van der Waals surface area contributed by atoms with Gasteiger partial charge in [-0.2, -0.15) is 0 Å². The number of carboxylic acid groups (broad SMARTS) is 3. The highest BCUT2D eigenvalue weighted by molar-refractivity contribution is 5.78. The molecule has 0 aliphatic heterocycles. The number of aliphatic carboxylic acids is 3. The number of rotatable bonds is 40. The van der Waals surface area contributed by atoms with E-state index in [1.54, 1.807) is 13.8 Å². The first-order chi connectivity index (χ1) is 26.4. The molecule has 0 aliphatic rings. The monoisotopic (exact) mass is 791 g/mol. The van der Waals surface area contributed by atoms with Gasteiger partial charge in [0.25, 0.3) is 0 Å². The van der Waals surface area contributed by atoms with Crippen LogP contribution in [0.4, 0.5) is 0 Å². The largest absolute Gasteiger partial charge is 0.481 e. The Balaban J connectivity index is 0. The molecule has 55 heavy (non-hydrogen) atoms. The summed E-state index contributed by atoms with van der Waals surface area (Å²) in [5, 5.41) is 28.7. The molecular formula is C40H74N2O13. The summed E-state index contributed by atoms with van der Waals surface area (Å²) < 4.78 is 21.6. The van der Waals surface area contributed by atoms with E-state index in [-0.39, 0.29) is 18.1 Å². The van der Waals surface area contributed by atoms with E-state index >= 15 is 0 Å². The van der Waals surface area contributed by atoms with Crippen LogP contribution in [0.5, 0.6) is 0 Å². The number of hydrogen-bond donors (Lipinski definition) is 5. The van der Waals surface area contributed by atoms with E-state index in [0.717, 1.165) is 38.5 Å². The molecule has 0 spiro atoms. The summed E-state index contributed by atoms with van der Waals surface area (Å²) in [6, 6.07) is -0.855. The average molecular weight is 791 g/mol. The van der Waals surface area contributed by atoms with Gasteiger partial charge in [-0.3, -0.25) is 28.8 Å². The van der Waals surface area contributed by atoms with Crippen LogP contribution in [0, 0.1) is 5.92 Å². The SMILES string of the molecule is CC(=O)CCOCCOCCOCCOCCCC(=O)CCCCCCCCCCCCC(=O)O.CC[C@@H](CCC(=O)NCCCC[C@H](N)C(=O)O)C(=O)O. The topological polar surface area (TPSA) is 238 Å². The number of ketones is 2. The van der Waals surface area contributed by atoms with Crippen molar-refractivity contribution >= 4 is 35.4 Å². The number of hydrogen-bond acceptors (Lipinski definition) is 11. The van der Waals surface area contributed by atoms with E-state index in [9.17, 15) is 28.8 Å². The Hall–Kier alpha value is -2.98. The molecule has 0 saturated heterocycles. The van der Waals surface area contributed by atoms with Gasteiger partial charge in [0.05, 0.1) is 52.2 Å². The maximum absolute atomic E-state index is 11.9. The van der Waals surface area contributed by atoms with E-state index in [4.69, 9.17) is 40.0 Å². The minimum absolute atomic E-state index is 0.127. The van der Waals surface area contributed by atoms with Crippen molar-refractivity contribution in [1.29, 1.82) is 0 Å². The molecular weight excluding hydrogens is 716 g/mol. The van der Waals surface area contributed by atoms with E-state index in [1.165, 1.54) is 32.1 Å². The molecule has 15 heteroatoms. The van der Waals surface area contributed by atoms with Gasteiger partial charge in [0.2, 0.25) is 5.91 Å². The number of unbranched alkanes of at least 4 members (excludes halogenated alkanes) is 10. The summed E-state index contributed by atoms with van der Waals surface area (Å²) in [4.78, 5) is 65.8. The van der Waals surface area contributed by atoms with Gasteiger partial charge < -0.3 is 45.3 Å². The zero-order chi connectivity index (χ0) is 41.4. The first-order valence-electron chi connectivity index (χ1n) is 20.4. The number of carbonyl (C=O) groups excluding carboxylic acids is 3. The molecule has 0 aliphatic carbocycles. The van der Waals surface area contributed by atoms with Crippen LogP contribution in [0.1, 0.15) is 149 Å². The van der Waals surface area contributed by atoms with Crippen molar-refractivity contribution in [3.8, 4) is 0 Å². The van der Waals surface area contributed by atoms with Crippen molar-refractivity contribution < 1.29 is 63.0 Å². The van der Waals surface area contributed by atoms with Crippen molar-refractivity contribution in [3.05, 3.63) is 0 Å². The average Bonchev–Trinajstić information content (AvgIpc) is 3.13. The Labute approximate surface area is 329 Å². The summed E-state index contributed by atoms with van der Waals surface area (Å²) in [6.07, 6.45) is 16.6. The van der Waals surface area contributed by atoms with Gasteiger partial charge in [0.15, 0.2) is 0 Å². The first-order valence-corrected chi connectivity index (χ1v) is 20.4. The van der Waals surface area contributed by atoms with Crippen molar-refractivity contribution in [2.75, 3.05) is 59.4 Å². The van der Waals surface area contributed by atoms with Gasteiger partial charge in [0, 0.05) is 45.3 Å². The van der Waals surface area contributed by atoms with Gasteiger partial charge in [-0.1, -0.05) is 58.3 Å². The lowest BCUT2D eigenvalue weighted by atomic mass is 10.0. The van der Waals surface area contributed by atoms with Crippen LogP contribution >= 0.6 is 0 Å². The van der Waals surface area contributed by atoms with Crippen LogP contribution < -0.4 is 11.1 Å². The highest BCUT2D eigenvalue weighted by Crippen LogP contribution is 2.13. The van der Waals surface area contributed by atoms with Gasteiger partial charge in [-0.25, -0.2) is 0 Å². The standard InChI is InChI=1S/C27H50O8.C13H24N2O5/c1-25(28)16-18-33-20-22-35-24-23-34-21-19-32-17-12-14-26(29)13-10-8-6-4-2-3-5-7-9-11-15-27(30)31;1-2-9(12(17)18)6-7-11(16)15-8-4-3-5-10(14)13(19)20/h2-24H2,1H3,(H,30,31);9-10H,2-8,14H2,1H3,(H,15,16)(H,17,18)(H,19,20)/t;9-,10-/m.0/s1. The fraction of sp³-hybridized carbons (Fsp3) is 0.850. The molecule has 0 aromatic heterocycles. The molecule has 0 bridgehead atoms. The third-order valence-corrected chi connectivity index (χ3v) is 8.70. The second-order valence-corrected chi connectivity index (χ2v) is 13.7. The maximum Gasteiger partial charge on any atom is 0.320 e.